The summed E-state index contributed by atoms with van der Waals surface area (Å²) in [5.74, 6) is 0.691. The summed E-state index contributed by atoms with van der Waals surface area (Å²) in [5.41, 5.74) is 14.8. The van der Waals surface area contributed by atoms with Crippen LogP contribution in [0.3, 0.4) is 0 Å². The van der Waals surface area contributed by atoms with Crippen molar-refractivity contribution in [3.8, 4) is 73.4 Å². The van der Waals surface area contributed by atoms with E-state index in [1.165, 1.54) is 27.8 Å². The molecule has 0 atom stereocenters. The Hall–Kier alpha value is -6.11. The summed E-state index contributed by atoms with van der Waals surface area (Å²) in [6.45, 7) is 4.54. The Bertz CT molecular complexity index is 2310. The minimum absolute atomic E-state index is 0.158. The lowest BCUT2D eigenvalue weighted by Gasteiger charge is -2.21. The molecule has 0 aliphatic heterocycles. The van der Waals surface area contributed by atoms with Crippen molar-refractivity contribution in [1.29, 1.82) is 5.26 Å². The van der Waals surface area contributed by atoms with Gasteiger partial charge >= 0.3 is 0 Å². The van der Waals surface area contributed by atoms with Crippen LogP contribution in [-0.2, 0) is 5.41 Å². The molecule has 6 aromatic carbocycles. The van der Waals surface area contributed by atoms with Gasteiger partial charge in [-0.3, -0.25) is 0 Å². The standard InChI is InChI=1S/C44H31N3/c1-44(2)38-24-19-29(28-45)25-37(38)42-36(17-10-18-39(42)44)34-15-9-16-35(26-34)41-27-40(46-43(47-41)33-13-7-4-8-14-33)32-22-20-31(21-23-32)30-11-5-3-6-12-30/h3-27H,1-2H3. The van der Waals surface area contributed by atoms with E-state index in [0.29, 0.717) is 11.4 Å². The monoisotopic (exact) mass is 601 g/mol. The molecule has 0 fully saturated rings. The molecule has 1 aliphatic rings. The lowest BCUT2D eigenvalue weighted by atomic mass is 9.82. The molecule has 1 aliphatic carbocycles. The molecule has 0 radical (unpaired) electrons. The molecule has 0 spiro atoms. The normalized spacial score (nSPS) is 12.6. The van der Waals surface area contributed by atoms with Gasteiger partial charge in [-0.25, -0.2) is 9.97 Å². The maximum Gasteiger partial charge on any atom is 0.160 e. The van der Waals surface area contributed by atoms with Gasteiger partial charge in [0.15, 0.2) is 5.82 Å². The second-order valence-electron chi connectivity index (χ2n) is 12.6. The third kappa shape index (κ3) is 5.01. The zero-order valence-electron chi connectivity index (χ0n) is 26.3. The molecule has 0 unspecified atom stereocenters. The number of hydrogen-bond donors (Lipinski definition) is 0. The van der Waals surface area contributed by atoms with Crippen LogP contribution < -0.4 is 0 Å². The molecule has 0 amide bonds. The molecular weight excluding hydrogens is 571 g/mol. The highest BCUT2D eigenvalue weighted by atomic mass is 14.9. The summed E-state index contributed by atoms with van der Waals surface area (Å²) in [4.78, 5) is 10.2. The van der Waals surface area contributed by atoms with Crippen molar-refractivity contribution in [2.24, 2.45) is 0 Å². The summed E-state index contributed by atoms with van der Waals surface area (Å²) >= 11 is 0. The van der Waals surface area contributed by atoms with Gasteiger partial charge in [0.25, 0.3) is 0 Å². The zero-order valence-corrected chi connectivity index (χ0v) is 26.3. The van der Waals surface area contributed by atoms with Crippen LogP contribution in [0.5, 0.6) is 0 Å². The fourth-order valence-electron chi connectivity index (χ4n) is 6.88. The minimum atomic E-state index is -0.158. The Labute approximate surface area is 275 Å². The van der Waals surface area contributed by atoms with Crippen molar-refractivity contribution in [2.75, 3.05) is 0 Å². The topological polar surface area (TPSA) is 49.6 Å². The first kappa shape index (κ1) is 28.4. The number of nitrogens with zero attached hydrogens (tertiary/aromatic N) is 3. The van der Waals surface area contributed by atoms with E-state index in [1.807, 2.05) is 36.4 Å². The van der Waals surface area contributed by atoms with Crippen molar-refractivity contribution in [3.05, 3.63) is 168 Å². The summed E-state index contributed by atoms with van der Waals surface area (Å²) < 4.78 is 0. The molecule has 222 valence electrons. The SMILES string of the molecule is CC1(C)c2ccc(C#N)cc2-c2c(-c3cccc(-c4cc(-c5ccc(-c6ccccc6)cc5)nc(-c5ccccc5)n4)c3)cccc21. The molecule has 0 N–H and O–H groups in total. The summed E-state index contributed by atoms with van der Waals surface area (Å²) in [6.07, 6.45) is 0. The molecule has 3 heteroatoms. The molecule has 1 aromatic heterocycles. The van der Waals surface area contributed by atoms with E-state index in [-0.39, 0.29) is 5.41 Å². The second kappa shape index (κ2) is 11.4. The van der Waals surface area contributed by atoms with Crippen LogP contribution in [0.4, 0.5) is 0 Å². The Morgan fingerprint density at radius 1 is 0.468 bits per heavy atom. The van der Waals surface area contributed by atoms with Crippen LogP contribution in [0.15, 0.2) is 152 Å². The van der Waals surface area contributed by atoms with Crippen molar-refractivity contribution in [3.63, 3.8) is 0 Å². The van der Waals surface area contributed by atoms with Gasteiger partial charge in [0.05, 0.1) is 23.0 Å². The van der Waals surface area contributed by atoms with Crippen LogP contribution in [0.2, 0.25) is 0 Å². The van der Waals surface area contributed by atoms with Crippen LogP contribution >= 0.6 is 0 Å². The summed E-state index contributed by atoms with van der Waals surface area (Å²) in [5, 5.41) is 9.71. The molecule has 0 bridgehead atoms. The first-order valence-corrected chi connectivity index (χ1v) is 15.9. The highest BCUT2D eigenvalue weighted by Crippen LogP contribution is 2.52. The number of aromatic nitrogens is 2. The van der Waals surface area contributed by atoms with Crippen molar-refractivity contribution in [2.45, 2.75) is 19.3 Å². The van der Waals surface area contributed by atoms with Gasteiger partial charge in [-0.15, -0.1) is 0 Å². The van der Waals surface area contributed by atoms with E-state index in [2.05, 4.69) is 135 Å². The van der Waals surface area contributed by atoms with Crippen molar-refractivity contribution >= 4 is 0 Å². The predicted molar refractivity (Wildman–Crippen MR) is 191 cm³/mol. The highest BCUT2D eigenvalue weighted by molar-refractivity contribution is 5.93. The maximum atomic E-state index is 9.71. The number of hydrogen-bond acceptors (Lipinski definition) is 3. The minimum Gasteiger partial charge on any atom is -0.228 e. The van der Waals surface area contributed by atoms with E-state index in [1.54, 1.807) is 0 Å². The van der Waals surface area contributed by atoms with Gasteiger partial charge in [-0.2, -0.15) is 5.26 Å². The molecular formula is C44H31N3. The van der Waals surface area contributed by atoms with Crippen molar-refractivity contribution in [1.82, 2.24) is 9.97 Å². The lowest BCUT2D eigenvalue weighted by molar-refractivity contribution is 0.660. The van der Waals surface area contributed by atoms with Gasteiger partial charge in [-0.05, 0) is 68.8 Å². The number of fused-ring (bicyclic) bond motifs is 3. The van der Waals surface area contributed by atoms with Crippen LogP contribution in [0.25, 0.3) is 67.3 Å². The van der Waals surface area contributed by atoms with Crippen LogP contribution in [0, 0.1) is 11.3 Å². The molecule has 0 saturated heterocycles. The largest absolute Gasteiger partial charge is 0.228 e. The Morgan fingerprint density at radius 2 is 1.06 bits per heavy atom. The van der Waals surface area contributed by atoms with Gasteiger partial charge in [0.1, 0.15) is 0 Å². The smallest absolute Gasteiger partial charge is 0.160 e. The number of nitriles is 1. The fraction of sp³-hybridized carbons (Fsp3) is 0.0682. The first-order chi connectivity index (χ1) is 23.0. The first-order valence-electron chi connectivity index (χ1n) is 15.9. The van der Waals surface area contributed by atoms with Crippen LogP contribution in [0.1, 0.15) is 30.5 Å². The highest BCUT2D eigenvalue weighted by Gasteiger charge is 2.37. The van der Waals surface area contributed by atoms with Gasteiger partial charge in [-0.1, -0.05) is 141 Å². The average molecular weight is 602 g/mol. The van der Waals surface area contributed by atoms with Gasteiger partial charge in [0, 0.05) is 22.1 Å². The summed E-state index contributed by atoms with van der Waals surface area (Å²) in [7, 11) is 0. The van der Waals surface area contributed by atoms with Crippen molar-refractivity contribution < 1.29 is 0 Å². The Balaban J connectivity index is 1.26. The fourth-order valence-corrected chi connectivity index (χ4v) is 6.88. The van der Waals surface area contributed by atoms with Gasteiger partial charge in [0.2, 0.25) is 0 Å². The molecule has 47 heavy (non-hydrogen) atoms. The quantitative estimate of drug-likeness (QED) is 0.197. The van der Waals surface area contributed by atoms with E-state index in [9.17, 15) is 5.26 Å². The van der Waals surface area contributed by atoms with Crippen LogP contribution in [-0.4, -0.2) is 9.97 Å². The van der Waals surface area contributed by atoms with E-state index in [4.69, 9.17) is 9.97 Å². The third-order valence-corrected chi connectivity index (χ3v) is 9.34. The zero-order chi connectivity index (χ0) is 32.0. The molecule has 3 nitrogen and oxygen atoms in total. The number of rotatable bonds is 5. The molecule has 8 rings (SSSR count). The molecule has 1 heterocycles. The van der Waals surface area contributed by atoms with E-state index in [0.717, 1.165) is 44.8 Å². The van der Waals surface area contributed by atoms with E-state index < -0.39 is 0 Å². The Kier molecular flexibility index (Phi) is 6.85. The lowest BCUT2D eigenvalue weighted by Crippen LogP contribution is -2.14. The van der Waals surface area contributed by atoms with E-state index >= 15 is 0 Å². The molecule has 7 aromatic rings. The average Bonchev–Trinajstić information content (AvgIpc) is 3.37. The third-order valence-electron chi connectivity index (χ3n) is 9.34. The predicted octanol–water partition coefficient (Wildman–Crippen LogP) is 11.0. The van der Waals surface area contributed by atoms with Gasteiger partial charge < -0.3 is 0 Å². The second-order valence-corrected chi connectivity index (χ2v) is 12.6. The molecule has 0 saturated carbocycles. The Morgan fingerprint density at radius 3 is 1.79 bits per heavy atom. The maximum absolute atomic E-state index is 9.71. The summed E-state index contributed by atoms with van der Waals surface area (Å²) in [6, 6.07) is 54.9. The number of benzene rings is 6.